The van der Waals surface area contributed by atoms with Crippen LogP contribution in [-0.4, -0.2) is 30.8 Å². The van der Waals surface area contributed by atoms with Crippen molar-refractivity contribution in [1.29, 1.82) is 0 Å². The van der Waals surface area contributed by atoms with Crippen molar-refractivity contribution in [3.63, 3.8) is 0 Å². The summed E-state index contributed by atoms with van der Waals surface area (Å²) in [6.45, 7) is 3.76. The van der Waals surface area contributed by atoms with Crippen molar-refractivity contribution < 1.29 is 4.79 Å². The van der Waals surface area contributed by atoms with Gasteiger partial charge in [-0.1, -0.05) is 12.8 Å². The fourth-order valence-electron chi connectivity index (χ4n) is 1.92. The summed E-state index contributed by atoms with van der Waals surface area (Å²) >= 11 is 0. The summed E-state index contributed by atoms with van der Waals surface area (Å²) < 4.78 is 0. The Morgan fingerprint density at radius 3 is 2.31 bits per heavy atom. The first-order chi connectivity index (χ1) is 6.43. The molecule has 0 N–H and O–H groups in total. The second kappa shape index (κ2) is 7.07. The largest absolute Gasteiger partial charge is 0.303 e. The zero-order chi connectivity index (χ0) is 9.36. The molecule has 0 saturated carbocycles. The number of carbonyl (C=O) groups excluding carboxylic acids is 1. The summed E-state index contributed by atoms with van der Waals surface area (Å²) in [6, 6.07) is 0. The normalized spacial score (nSPS) is 19.7. The standard InChI is InChI=1S/C11H21NO/c13-11-7-3-6-10-12-8-4-1-2-5-9-12/h11H,1-10H2. The summed E-state index contributed by atoms with van der Waals surface area (Å²) in [5.74, 6) is 0. The topological polar surface area (TPSA) is 20.3 Å². The SMILES string of the molecule is O=CCCCCN1CCCCCC1. The fourth-order valence-corrected chi connectivity index (χ4v) is 1.92. The maximum atomic E-state index is 10.1. The average Bonchev–Trinajstić information content (AvgIpc) is 2.41. The van der Waals surface area contributed by atoms with Crippen molar-refractivity contribution in [1.82, 2.24) is 4.90 Å². The minimum absolute atomic E-state index is 0.744. The number of nitrogens with zero attached hydrogens (tertiary/aromatic N) is 1. The molecule has 0 aliphatic carbocycles. The van der Waals surface area contributed by atoms with E-state index in [1.165, 1.54) is 51.7 Å². The summed E-state index contributed by atoms with van der Waals surface area (Å²) in [5.41, 5.74) is 0. The quantitative estimate of drug-likeness (QED) is 0.481. The number of unbranched alkanes of at least 4 members (excludes halogenated alkanes) is 2. The number of aldehydes is 1. The molecule has 76 valence electrons. The first-order valence-corrected chi connectivity index (χ1v) is 5.59. The van der Waals surface area contributed by atoms with Gasteiger partial charge >= 0.3 is 0 Å². The summed E-state index contributed by atoms with van der Waals surface area (Å²) in [5, 5.41) is 0. The molecule has 2 nitrogen and oxygen atoms in total. The number of rotatable bonds is 5. The maximum Gasteiger partial charge on any atom is 0.119 e. The van der Waals surface area contributed by atoms with Crippen LogP contribution in [0.4, 0.5) is 0 Å². The van der Waals surface area contributed by atoms with Crippen molar-refractivity contribution in [2.24, 2.45) is 0 Å². The summed E-state index contributed by atoms with van der Waals surface area (Å²) in [6.07, 6.45) is 9.59. The van der Waals surface area contributed by atoms with Gasteiger partial charge in [-0.05, 0) is 45.3 Å². The van der Waals surface area contributed by atoms with Crippen LogP contribution in [0.1, 0.15) is 44.9 Å². The maximum absolute atomic E-state index is 10.1. The molecule has 1 fully saturated rings. The lowest BCUT2D eigenvalue weighted by Crippen LogP contribution is -2.25. The van der Waals surface area contributed by atoms with E-state index in [4.69, 9.17) is 0 Å². The Bertz CT molecular complexity index is 128. The Morgan fingerprint density at radius 2 is 1.69 bits per heavy atom. The Morgan fingerprint density at radius 1 is 1.00 bits per heavy atom. The van der Waals surface area contributed by atoms with E-state index < -0.39 is 0 Å². The minimum atomic E-state index is 0.744. The first-order valence-electron chi connectivity index (χ1n) is 5.59. The second-order valence-electron chi connectivity index (χ2n) is 3.92. The van der Waals surface area contributed by atoms with Crippen LogP contribution in [0.3, 0.4) is 0 Å². The molecule has 0 aromatic rings. The number of carbonyl (C=O) groups is 1. The Labute approximate surface area is 81.3 Å². The predicted octanol–water partition coefficient (Wildman–Crippen LogP) is 2.23. The highest BCUT2D eigenvalue weighted by Gasteiger charge is 2.07. The third-order valence-electron chi connectivity index (χ3n) is 2.75. The molecular formula is C11H21NO. The van der Waals surface area contributed by atoms with E-state index in [0.29, 0.717) is 0 Å². The molecule has 1 aliphatic rings. The zero-order valence-corrected chi connectivity index (χ0v) is 8.50. The lowest BCUT2D eigenvalue weighted by molar-refractivity contribution is -0.107. The zero-order valence-electron chi connectivity index (χ0n) is 8.50. The molecule has 1 saturated heterocycles. The molecule has 0 radical (unpaired) electrons. The molecule has 0 aromatic carbocycles. The number of hydrogen-bond acceptors (Lipinski definition) is 2. The van der Waals surface area contributed by atoms with Gasteiger partial charge in [0.2, 0.25) is 0 Å². The molecule has 0 bridgehead atoms. The van der Waals surface area contributed by atoms with E-state index in [2.05, 4.69) is 4.90 Å². The van der Waals surface area contributed by atoms with Crippen molar-refractivity contribution in [2.75, 3.05) is 19.6 Å². The molecule has 1 rings (SSSR count). The van der Waals surface area contributed by atoms with Gasteiger partial charge < -0.3 is 9.69 Å². The van der Waals surface area contributed by atoms with Gasteiger partial charge in [0, 0.05) is 6.42 Å². The molecule has 0 unspecified atom stereocenters. The van der Waals surface area contributed by atoms with Crippen LogP contribution in [0.25, 0.3) is 0 Å². The van der Waals surface area contributed by atoms with Crippen LogP contribution >= 0.6 is 0 Å². The average molecular weight is 183 g/mol. The molecule has 0 spiro atoms. The van der Waals surface area contributed by atoms with Crippen LogP contribution in [0, 0.1) is 0 Å². The molecule has 2 heteroatoms. The van der Waals surface area contributed by atoms with Crippen molar-refractivity contribution in [3.05, 3.63) is 0 Å². The van der Waals surface area contributed by atoms with Crippen LogP contribution < -0.4 is 0 Å². The van der Waals surface area contributed by atoms with Gasteiger partial charge in [-0.2, -0.15) is 0 Å². The van der Waals surface area contributed by atoms with E-state index >= 15 is 0 Å². The Balaban J connectivity index is 2.01. The van der Waals surface area contributed by atoms with Crippen molar-refractivity contribution in [3.8, 4) is 0 Å². The number of likely N-dealkylation sites (tertiary alicyclic amines) is 1. The highest BCUT2D eigenvalue weighted by Crippen LogP contribution is 2.10. The van der Waals surface area contributed by atoms with Crippen LogP contribution in [-0.2, 0) is 4.79 Å². The molecule has 13 heavy (non-hydrogen) atoms. The van der Waals surface area contributed by atoms with Gasteiger partial charge in [0.25, 0.3) is 0 Å². The molecule has 1 aliphatic heterocycles. The molecule has 0 atom stereocenters. The highest BCUT2D eigenvalue weighted by atomic mass is 16.1. The van der Waals surface area contributed by atoms with E-state index in [-0.39, 0.29) is 0 Å². The molecule has 0 amide bonds. The van der Waals surface area contributed by atoms with Crippen LogP contribution in [0.5, 0.6) is 0 Å². The van der Waals surface area contributed by atoms with Gasteiger partial charge in [0.05, 0.1) is 0 Å². The second-order valence-corrected chi connectivity index (χ2v) is 3.92. The van der Waals surface area contributed by atoms with Crippen LogP contribution in [0.15, 0.2) is 0 Å². The van der Waals surface area contributed by atoms with E-state index in [1.807, 2.05) is 0 Å². The molecule has 0 aromatic heterocycles. The van der Waals surface area contributed by atoms with Crippen molar-refractivity contribution >= 4 is 6.29 Å². The van der Waals surface area contributed by atoms with Gasteiger partial charge in [0.15, 0.2) is 0 Å². The third-order valence-corrected chi connectivity index (χ3v) is 2.75. The monoisotopic (exact) mass is 183 g/mol. The Hall–Kier alpha value is -0.370. The fraction of sp³-hybridized carbons (Fsp3) is 0.909. The summed E-state index contributed by atoms with van der Waals surface area (Å²) in [7, 11) is 0. The van der Waals surface area contributed by atoms with Gasteiger partial charge in [-0.25, -0.2) is 0 Å². The van der Waals surface area contributed by atoms with Crippen molar-refractivity contribution in [2.45, 2.75) is 44.9 Å². The number of hydrogen-bond donors (Lipinski definition) is 0. The van der Waals surface area contributed by atoms with Gasteiger partial charge in [-0.15, -0.1) is 0 Å². The lowest BCUT2D eigenvalue weighted by atomic mass is 10.2. The van der Waals surface area contributed by atoms with Gasteiger partial charge in [0.1, 0.15) is 6.29 Å². The third kappa shape index (κ3) is 5.04. The Kier molecular flexibility index (Phi) is 5.83. The van der Waals surface area contributed by atoms with Gasteiger partial charge in [-0.3, -0.25) is 0 Å². The first kappa shape index (κ1) is 10.7. The predicted molar refractivity (Wildman–Crippen MR) is 54.8 cm³/mol. The van der Waals surface area contributed by atoms with Crippen LogP contribution in [0.2, 0.25) is 0 Å². The summed E-state index contributed by atoms with van der Waals surface area (Å²) in [4.78, 5) is 12.7. The lowest BCUT2D eigenvalue weighted by Gasteiger charge is -2.18. The van der Waals surface area contributed by atoms with E-state index in [1.54, 1.807) is 0 Å². The molecule has 1 heterocycles. The van der Waals surface area contributed by atoms with E-state index in [0.717, 1.165) is 19.1 Å². The highest BCUT2D eigenvalue weighted by molar-refractivity contribution is 5.48. The minimum Gasteiger partial charge on any atom is -0.303 e. The smallest absolute Gasteiger partial charge is 0.119 e. The van der Waals surface area contributed by atoms with E-state index in [9.17, 15) is 4.79 Å². The molecular weight excluding hydrogens is 162 g/mol.